The molecule has 4 nitrogen and oxygen atoms in total. The van der Waals surface area contributed by atoms with E-state index in [0.717, 1.165) is 66.7 Å². The minimum Gasteiger partial charge on any atom is -0.396 e. The van der Waals surface area contributed by atoms with Gasteiger partial charge in [0.2, 0.25) is 0 Å². The van der Waals surface area contributed by atoms with E-state index in [1.54, 1.807) is 0 Å². The summed E-state index contributed by atoms with van der Waals surface area (Å²) in [5, 5.41) is 11.3. The Morgan fingerprint density at radius 1 is 1.23 bits per heavy atom. The van der Waals surface area contributed by atoms with Crippen LogP contribution in [0, 0.1) is 5.92 Å². The third-order valence-corrected chi connectivity index (χ3v) is 5.47. The maximum Gasteiger partial charge on any atom is 0.0706 e. The molecule has 142 valence electrons. The van der Waals surface area contributed by atoms with E-state index in [4.69, 9.17) is 16.6 Å². The van der Waals surface area contributed by atoms with Crippen molar-refractivity contribution in [3.8, 4) is 0 Å². The largest absolute Gasteiger partial charge is 0.396 e. The molecule has 1 unspecified atom stereocenters. The fourth-order valence-corrected chi connectivity index (χ4v) is 3.88. The fourth-order valence-electron chi connectivity index (χ4n) is 3.70. The summed E-state index contributed by atoms with van der Waals surface area (Å²) in [5.74, 6) is 0.720. The zero-order valence-electron chi connectivity index (χ0n) is 15.9. The van der Waals surface area contributed by atoms with Crippen molar-refractivity contribution >= 4 is 22.5 Å². The maximum absolute atomic E-state index is 9.46. The summed E-state index contributed by atoms with van der Waals surface area (Å²) >= 11 is 6.06. The van der Waals surface area contributed by atoms with Crippen molar-refractivity contribution < 1.29 is 5.11 Å². The number of aliphatic hydroxyl groups is 1. The minimum absolute atomic E-state index is 0.256. The second kappa shape index (κ2) is 9.14. The topological polar surface area (TPSA) is 39.6 Å². The molecule has 1 aromatic carbocycles. The Hall–Kier alpha value is -1.20. The van der Waals surface area contributed by atoms with Crippen LogP contribution in [0.15, 0.2) is 30.3 Å². The van der Waals surface area contributed by atoms with E-state index in [1.807, 2.05) is 18.2 Å². The van der Waals surface area contributed by atoms with E-state index in [1.165, 1.54) is 6.42 Å². The molecule has 2 aromatic rings. The summed E-state index contributed by atoms with van der Waals surface area (Å²) in [6.45, 7) is 9.92. The van der Waals surface area contributed by atoms with Gasteiger partial charge in [0.15, 0.2) is 0 Å². The molecule has 1 saturated heterocycles. The molecule has 2 heterocycles. The molecule has 1 N–H and O–H groups in total. The highest BCUT2D eigenvalue weighted by Crippen LogP contribution is 2.20. The number of hydrogen-bond donors (Lipinski definition) is 1. The first kappa shape index (κ1) is 19.6. The molecule has 3 rings (SSSR count). The third-order valence-electron chi connectivity index (χ3n) is 5.24. The predicted molar refractivity (Wildman–Crippen MR) is 109 cm³/mol. The molecule has 0 spiro atoms. The summed E-state index contributed by atoms with van der Waals surface area (Å²) in [5.41, 5.74) is 2.09. The number of piperazine rings is 1. The van der Waals surface area contributed by atoms with Crippen LogP contribution in [-0.2, 0) is 6.54 Å². The first-order chi connectivity index (χ1) is 12.5. The van der Waals surface area contributed by atoms with Crippen molar-refractivity contribution in [1.82, 2.24) is 14.8 Å². The second-order valence-corrected chi connectivity index (χ2v) is 8.20. The Balaban J connectivity index is 1.64. The van der Waals surface area contributed by atoms with E-state index in [-0.39, 0.29) is 6.61 Å². The number of pyridine rings is 1. The first-order valence-corrected chi connectivity index (χ1v) is 10.1. The van der Waals surface area contributed by atoms with Crippen molar-refractivity contribution in [3.63, 3.8) is 0 Å². The van der Waals surface area contributed by atoms with E-state index in [0.29, 0.717) is 6.04 Å². The molecule has 0 bridgehead atoms. The Labute approximate surface area is 161 Å². The highest BCUT2D eigenvalue weighted by molar-refractivity contribution is 6.31. The lowest BCUT2D eigenvalue weighted by molar-refractivity contribution is 0.0518. The molecule has 1 aliphatic rings. The van der Waals surface area contributed by atoms with Gasteiger partial charge in [0.05, 0.1) is 11.2 Å². The van der Waals surface area contributed by atoms with Crippen LogP contribution >= 0.6 is 11.6 Å². The summed E-state index contributed by atoms with van der Waals surface area (Å²) in [6, 6.07) is 10.5. The predicted octanol–water partition coefficient (Wildman–Crippen LogP) is 3.80. The molecule has 1 aromatic heterocycles. The van der Waals surface area contributed by atoms with Gasteiger partial charge in [0.25, 0.3) is 0 Å². The molecule has 0 amide bonds. The molecule has 5 heteroatoms. The van der Waals surface area contributed by atoms with E-state index in [2.05, 4.69) is 35.8 Å². The molecule has 1 fully saturated rings. The smallest absolute Gasteiger partial charge is 0.0706 e. The van der Waals surface area contributed by atoms with Gasteiger partial charge in [-0.2, -0.15) is 0 Å². The maximum atomic E-state index is 9.46. The van der Waals surface area contributed by atoms with Gasteiger partial charge in [-0.1, -0.05) is 31.5 Å². The van der Waals surface area contributed by atoms with E-state index >= 15 is 0 Å². The molecule has 1 aliphatic heterocycles. The molecule has 0 saturated carbocycles. The van der Waals surface area contributed by atoms with Crippen LogP contribution in [0.4, 0.5) is 0 Å². The Bertz CT molecular complexity index is 721. The van der Waals surface area contributed by atoms with Crippen molar-refractivity contribution in [3.05, 3.63) is 41.0 Å². The summed E-state index contributed by atoms with van der Waals surface area (Å²) < 4.78 is 0. The van der Waals surface area contributed by atoms with E-state index < -0.39 is 0 Å². The average molecular weight is 376 g/mol. The third kappa shape index (κ3) is 5.17. The lowest BCUT2D eigenvalue weighted by Gasteiger charge is -2.41. The number of aliphatic hydroxyl groups excluding tert-OH is 1. The highest BCUT2D eigenvalue weighted by Gasteiger charge is 2.26. The average Bonchev–Trinajstić information content (AvgIpc) is 2.61. The SMILES string of the molecule is CC(C)CCN1CCN(Cc2ccc3cc(Cl)ccc3n2)CC1CCO. The van der Waals surface area contributed by atoms with Crippen LogP contribution in [-0.4, -0.2) is 58.7 Å². The summed E-state index contributed by atoms with van der Waals surface area (Å²) in [7, 11) is 0. The van der Waals surface area contributed by atoms with Gasteiger partial charge in [0, 0.05) is 49.2 Å². The standard InChI is InChI=1S/C21H30ClN3O/c1-16(2)7-9-25-11-10-24(15-20(25)8-12-26)14-19-5-3-17-13-18(22)4-6-21(17)23-19/h3-6,13,16,20,26H,7-12,14-15H2,1-2H3. The molecule has 0 radical (unpaired) electrons. The quantitative estimate of drug-likeness (QED) is 0.798. The second-order valence-electron chi connectivity index (χ2n) is 7.76. The fraction of sp³-hybridized carbons (Fsp3) is 0.571. The van der Waals surface area contributed by atoms with Crippen LogP contribution in [0.5, 0.6) is 0 Å². The van der Waals surface area contributed by atoms with Crippen LogP contribution in [0.2, 0.25) is 5.02 Å². The van der Waals surface area contributed by atoms with Crippen molar-refractivity contribution in [2.45, 2.75) is 39.3 Å². The Morgan fingerprint density at radius 2 is 2.08 bits per heavy atom. The van der Waals surface area contributed by atoms with Gasteiger partial charge in [-0.15, -0.1) is 0 Å². The van der Waals surface area contributed by atoms with Crippen LogP contribution in [0.1, 0.15) is 32.4 Å². The first-order valence-electron chi connectivity index (χ1n) is 9.67. The van der Waals surface area contributed by atoms with Gasteiger partial charge in [0.1, 0.15) is 0 Å². The molecular formula is C21H30ClN3O. The number of hydrogen-bond acceptors (Lipinski definition) is 4. The van der Waals surface area contributed by atoms with Gasteiger partial charge in [-0.3, -0.25) is 14.8 Å². The number of fused-ring (bicyclic) bond motifs is 1. The van der Waals surface area contributed by atoms with Gasteiger partial charge < -0.3 is 5.11 Å². The summed E-state index contributed by atoms with van der Waals surface area (Å²) in [4.78, 5) is 9.82. The lowest BCUT2D eigenvalue weighted by atomic mass is 10.1. The number of aromatic nitrogens is 1. The monoisotopic (exact) mass is 375 g/mol. The summed E-state index contributed by atoms with van der Waals surface area (Å²) in [6.07, 6.45) is 2.06. The number of rotatable bonds is 7. The van der Waals surface area contributed by atoms with Crippen molar-refractivity contribution in [1.29, 1.82) is 0 Å². The van der Waals surface area contributed by atoms with Crippen molar-refractivity contribution in [2.24, 2.45) is 5.92 Å². The normalized spacial score (nSPS) is 19.5. The highest BCUT2D eigenvalue weighted by atomic mass is 35.5. The molecule has 26 heavy (non-hydrogen) atoms. The number of nitrogens with zero attached hydrogens (tertiary/aromatic N) is 3. The Kier molecular flexibility index (Phi) is 6.87. The number of halogens is 1. The van der Waals surface area contributed by atoms with Gasteiger partial charge >= 0.3 is 0 Å². The lowest BCUT2D eigenvalue weighted by Crippen LogP contribution is -2.53. The zero-order chi connectivity index (χ0) is 18.5. The zero-order valence-corrected chi connectivity index (χ0v) is 16.6. The van der Waals surface area contributed by atoms with Crippen LogP contribution in [0.25, 0.3) is 10.9 Å². The Morgan fingerprint density at radius 3 is 2.85 bits per heavy atom. The number of benzene rings is 1. The van der Waals surface area contributed by atoms with E-state index in [9.17, 15) is 5.11 Å². The van der Waals surface area contributed by atoms with Gasteiger partial charge in [-0.05, 0) is 49.6 Å². The molecule has 1 atom stereocenters. The van der Waals surface area contributed by atoms with Crippen molar-refractivity contribution in [2.75, 3.05) is 32.8 Å². The van der Waals surface area contributed by atoms with Gasteiger partial charge in [-0.25, -0.2) is 0 Å². The van der Waals surface area contributed by atoms with Crippen LogP contribution < -0.4 is 0 Å². The minimum atomic E-state index is 0.256. The molecule has 0 aliphatic carbocycles. The van der Waals surface area contributed by atoms with Crippen LogP contribution in [0.3, 0.4) is 0 Å². The molecular weight excluding hydrogens is 346 g/mol.